The van der Waals surface area contributed by atoms with E-state index < -0.39 is 0 Å². The normalized spacial score (nSPS) is 19.9. The molecule has 0 N–H and O–H groups in total. The van der Waals surface area contributed by atoms with E-state index in [4.69, 9.17) is 9.26 Å². The highest BCUT2D eigenvalue weighted by Crippen LogP contribution is 2.28. The van der Waals surface area contributed by atoms with Gasteiger partial charge in [-0.2, -0.15) is 4.98 Å². The van der Waals surface area contributed by atoms with Crippen LogP contribution in [-0.4, -0.2) is 90.4 Å². The Balaban J connectivity index is 1.69. The lowest BCUT2D eigenvalue weighted by Crippen LogP contribution is -2.47. The number of anilines is 1. The van der Waals surface area contributed by atoms with Gasteiger partial charge in [0.2, 0.25) is 0 Å². The largest absolute Gasteiger partial charge is 0.378 e. The second-order valence-electron chi connectivity index (χ2n) is 6.10. The second kappa shape index (κ2) is 6.33. The van der Waals surface area contributed by atoms with Crippen molar-refractivity contribution >= 4 is 22.8 Å². The van der Waals surface area contributed by atoms with E-state index in [9.17, 15) is 4.79 Å². The molecule has 0 aromatic carbocycles. The lowest BCUT2D eigenvalue weighted by atomic mass is 10.2. The first-order valence-electron chi connectivity index (χ1n) is 8.15. The summed E-state index contributed by atoms with van der Waals surface area (Å²) in [7, 11) is 2.05. The van der Waals surface area contributed by atoms with Crippen molar-refractivity contribution in [2.45, 2.75) is 0 Å². The Morgan fingerprint density at radius 2 is 1.83 bits per heavy atom. The minimum absolute atomic E-state index is 0.119. The Bertz CT molecular complexity index is 734. The lowest BCUT2D eigenvalue weighted by molar-refractivity contribution is 0.0655. The first-order chi connectivity index (χ1) is 11.7. The van der Waals surface area contributed by atoms with E-state index in [2.05, 4.69) is 32.0 Å². The van der Waals surface area contributed by atoms with Crippen molar-refractivity contribution in [3.05, 3.63) is 12.0 Å². The number of likely N-dealkylation sites (N-methyl/N-ethyl adjacent to an activating group) is 1. The van der Waals surface area contributed by atoms with Crippen molar-refractivity contribution in [1.82, 2.24) is 24.9 Å². The minimum atomic E-state index is -0.119. The van der Waals surface area contributed by atoms with Crippen LogP contribution in [0.5, 0.6) is 0 Å². The van der Waals surface area contributed by atoms with Gasteiger partial charge >= 0.3 is 0 Å². The molecule has 1 amide bonds. The maximum atomic E-state index is 12.9. The standard InChI is InChI=1S/C15H20N6O3/c1-19-2-4-21(5-3-19)15(22)12-11-13(20-6-8-23-9-7-20)16-10-17-14(11)24-18-12/h10H,2-9H2,1H3. The highest BCUT2D eigenvalue weighted by molar-refractivity contribution is 6.07. The summed E-state index contributed by atoms with van der Waals surface area (Å²) >= 11 is 0. The first kappa shape index (κ1) is 15.3. The van der Waals surface area contributed by atoms with Crippen molar-refractivity contribution in [1.29, 1.82) is 0 Å². The quantitative estimate of drug-likeness (QED) is 0.750. The maximum Gasteiger partial charge on any atom is 0.276 e. The zero-order chi connectivity index (χ0) is 16.5. The molecule has 2 aliphatic heterocycles. The Hall–Kier alpha value is -2.26. The number of aromatic nitrogens is 3. The van der Waals surface area contributed by atoms with Crippen LogP contribution >= 0.6 is 0 Å². The Labute approximate surface area is 139 Å². The number of amides is 1. The molecule has 128 valence electrons. The van der Waals surface area contributed by atoms with E-state index in [1.54, 1.807) is 0 Å². The number of carbonyl (C=O) groups excluding carboxylic acids is 1. The summed E-state index contributed by atoms with van der Waals surface area (Å²) in [4.78, 5) is 27.5. The van der Waals surface area contributed by atoms with Crippen LogP contribution in [0.4, 0.5) is 5.82 Å². The monoisotopic (exact) mass is 332 g/mol. The second-order valence-corrected chi connectivity index (χ2v) is 6.10. The summed E-state index contributed by atoms with van der Waals surface area (Å²) in [6, 6.07) is 0. The Kier molecular flexibility index (Phi) is 4.03. The van der Waals surface area contributed by atoms with Gasteiger partial charge in [0.25, 0.3) is 11.6 Å². The molecule has 4 rings (SSSR count). The fourth-order valence-corrected chi connectivity index (χ4v) is 3.09. The van der Waals surface area contributed by atoms with E-state index in [-0.39, 0.29) is 5.91 Å². The third kappa shape index (κ3) is 2.69. The van der Waals surface area contributed by atoms with Gasteiger partial charge in [0.05, 0.1) is 13.2 Å². The predicted octanol–water partition coefficient (Wildman–Crippen LogP) is -0.158. The van der Waals surface area contributed by atoms with Crippen molar-refractivity contribution in [2.24, 2.45) is 0 Å². The molecule has 9 heteroatoms. The van der Waals surface area contributed by atoms with Gasteiger partial charge in [-0.15, -0.1) is 0 Å². The number of hydrogen-bond acceptors (Lipinski definition) is 8. The van der Waals surface area contributed by atoms with E-state index in [0.29, 0.717) is 48.9 Å². The van der Waals surface area contributed by atoms with Crippen LogP contribution in [0.15, 0.2) is 10.9 Å². The number of nitrogens with zero attached hydrogens (tertiary/aromatic N) is 6. The van der Waals surface area contributed by atoms with Gasteiger partial charge in [0.1, 0.15) is 17.5 Å². The molecule has 0 unspecified atom stereocenters. The smallest absolute Gasteiger partial charge is 0.276 e. The number of morpholine rings is 1. The van der Waals surface area contributed by atoms with Gasteiger partial charge in [-0.05, 0) is 7.05 Å². The lowest BCUT2D eigenvalue weighted by Gasteiger charge is -2.32. The minimum Gasteiger partial charge on any atom is -0.378 e. The van der Waals surface area contributed by atoms with Crippen molar-refractivity contribution in [2.75, 3.05) is 64.4 Å². The van der Waals surface area contributed by atoms with Crippen LogP contribution < -0.4 is 4.90 Å². The molecule has 0 spiro atoms. The number of rotatable bonds is 2. The zero-order valence-corrected chi connectivity index (χ0v) is 13.6. The summed E-state index contributed by atoms with van der Waals surface area (Å²) in [5.41, 5.74) is 0.653. The van der Waals surface area contributed by atoms with Gasteiger partial charge in [-0.3, -0.25) is 4.79 Å². The van der Waals surface area contributed by atoms with E-state index in [0.717, 1.165) is 26.2 Å². The summed E-state index contributed by atoms with van der Waals surface area (Å²) in [5, 5.41) is 4.61. The van der Waals surface area contributed by atoms with Gasteiger partial charge in [0, 0.05) is 39.3 Å². The van der Waals surface area contributed by atoms with Crippen LogP contribution in [0.1, 0.15) is 10.5 Å². The van der Waals surface area contributed by atoms with Gasteiger partial charge in [-0.25, -0.2) is 4.98 Å². The third-order valence-electron chi connectivity index (χ3n) is 4.56. The fraction of sp³-hybridized carbons (Fsp3) is 0.600. The molecule has 0 atom stereocenters. The van der Waals surface area contributed by atoms with Crippen LogP contribution in [0.3, 0.4) is 0 Å². The number of hydrogen-bond donors (Lipinski definition) is 0. The summed E-state index contributed by atoms with van der Waals surface area (Å²) < 4.78 is 10.7. The molecule has 2 saturated heterocycles. The molecule has 4 heterocycles. The van der Waals surface area contributed by atoms with Crippen molar-refractivity contribution < 1.29 is 14.1 Å². The van der Waals surface area contributed by atoms with Crippen molar-refractivity contribution in [3.63, 3.8) is 0 Å². The topological polar surface area (TPSA) is 87.8 Å². The Morgan fingerprint density at radius 1 is 1.08 bits per heavy atom. The van der Waals surface area contributed by atoms with Gasteiger partial charge in [-0.1, -0.05) is 5.16 Å². The average molecular weight is 332 g/mol. The summed E-state index contributed by atoms with van der Waals surface area (Å²) in [6.45, 7) is 5.80. The molecule has 24 heavy (non-hydrogen) atoms. The highest BCUT2D eigenvalue weighted by Gasteiger charge is 2.29. The molecule has 2 fully saturated rings. The third-order valence-corrected chi connectivity index (χ3v) is 4.56. The maximum absolute atomic E-state index is 12.9. The fourth-order valence-electron chi connectivity index (χ4n) is 3.09. The molecule has 0 saturated carbocycles. The molecule has 9 nitrogen and oxygen atoms in total. The number of ether oxygens (including phenoxy) is 1. The number of piperazine rings is 1. The van der Waals surface area contributed by atoms with Gasteiger partial charge in [0.15, 0.2) is 5.69 Å². The highest BCUT2D eigenvalue weighted by atomic mass is 16.5. The molecular formula is C15H20N6O3. The first-order valence-corrected chi connectivity index (χ1v) is 8.15. The van der Waals surface area contributed by atoms with Gasteiger partial charge < -0.3 is 24.0 Å². The average Bonchev–Trinajstić information content (AvgIpc) is 3.06. The molecule has 0 radical (unpaired) electrons. The molecule has 2 aromatic rings. The zero-order valence-electron chi connectivity index (χ0n) is 13.6. The van der Waals surface area contributed by atoms with Crippen LogP contribution in [0, 0.1) is 0 Å². The molecule has 2 aliphatic rings. The summed E-state index contributed by atoms with van der Waals surface area (Å²) in [5.74, 6) is 0.577. The van der Waals surface area contributed by atoms with E-state index in [1.165, 1.54) is 6.33 Å². The molecule has 0 bridgehead atoms. The Morgan fingerprint density at radius 3 is 2.58 bits per heavy atom. The molecular weight excluding hydrogens is 312 g/mol. The van der Waals surface area contributed by atoms with Crippen molar-refractivity contribution in [3.8, 4) is 0 Å². The SMILES string of the molecule is CN1CCN(C(=O)c2noc3ncnc(N4CCOCC4)c23)CC1. The molecule has 2 aromatic heterocycles. The van der Waals surface area contributed by atoms with Crippen LogP contribution in [0.2, 0.25) is 0 Å². The summed E-state index contributed by atoms with van der Waals surface area (Å²) in [6.07, 6.45) is 1.45. The van der Waals surface area contributed by atoms with E-state index in [1.807, 2.05) is 4.90 Å². The van der Waals surface area contributed by atoms with E-state index >= 15 is 0 Å². The number of carbonyl (C=O) groups is 1. The molecule has 0 aliphatic carbocycles. The predicted molar refractivity (Wildman–Crippen MR) is 86.0 cm³/mol. The van der Waals surface area contributed by atoms with Crippen LogP contribution in [-0.2, 0) is 4.74 Å². The number of fused-ring (bicyclic) bond motifs is 1. The van der Waals surface area contributed by atoms with Crippen LogP contribution in [0.25, 0.3) is 11.1 Å².